The van der Waals surface area contributed by atoms with Gasteiger partial charge in [0.25, 0.3) is 0 Å². The van der Waals surface area contributed by atoms with Gasteiger partial charge in [0, 0.05) is 24.6 Å². The summed E-state index contributed by atoms with van der Waals surface area (Å²) in [5.41, 5.74) is 2.12. The number of imidazole rings is 1. The lowest BCUT2D eigenvalue weighted by Crippen LogP contribution is -2.38. The maximum absolute atomic E-state index is 11.8. The number of rotatable bonds is 5. The van der Waals surface area contributed by atoms with Gasteiger partial charge in [0.2, 0.25) is 0 Å². The third-order valence-electron chi connectivity index (χ3n) is 3.21. The van der Waals surface area contributed by atoms with Crippen molar-refractivity contribution in [2.45, 2.75) is 26.8 Å². The quantitative estimate of drug-likeness (QED) is 0.888. The highest BCUT2D eigenvalue weighted by atomic mass is 16.2. The molecule has 112 valence electrons. The maximum atomic E-state index is 11.8. The molecule has 2 N–H and O–H groups in total. The fraction of sp³-hybridized carbons (Fsp3) is 0.375. The average Bonchev–Trinajstić information content (AvgIpc) is 2.99. The summed E-state index contributed by atoms with van der Waals surface area (Å²) in [6.07, 6.45) is 5.41. The Bertz CT molecular complexity index is 560. The first-order chi connectivity index (χ1) is 10.1. The van der Waals surface area contributed by atoms with Crippen molar-refractivity contribution in [3.63, 3.8) is 0 Å². The molecule has 2 aromatic rings. The molecule has 0 aliphatic carbocycles. The standard InChI is InChI=1S/C16H22N4O/c1-12(2)10-18-16(21)19-13(3)14-4-6-15(7-5-14)20-9-8-17-11-20/h4-9,11-13H,10H2,1-3H3,(H2,18,19,21)/t13-/m1/s1. The van der Waals surface area contributed by atoms with Crippen LogP contribution in [-0.2, 0) is 0 Å². The Kier molecular flexibility index (Phi) is 4.98. The Labute approximate surface area is 125 Å². The first kappa shape index (κ1) is 15.1. The number of urea groups is 1. The van der Waals surface area contributed by atoms with E-state index in [2.05, 4.69) is 29.5 Å². The first-order valence-electron chi connectivity index (χ1n) is 7.19. The zero-order chi connectivity index (χ0) is 15.2. The van der Waals surface area contributed by atoms with Crippen LogP contribution in [0, 0.1) is 5.92 Å². The molecule has 5 heteroatoms. The molecule has 0 aliphatic rings. The predicted octanol–water partition coefficient (Wildman–Crippen LogP) is 2.89. The monoisotopic (exact) mass is 286 g/mol. The molecular formula is C16H22N4O. The average molecular weight is 286 g/mol. The molecule has 0 saturated carbocycles. The lowest BCUT2D eigenvalue weighted by molar-refractivity contribution is 0.236. The van der Waals surface area contributed by atoms with Crippen LogP contribution in [0.15, 0.2) is 43.0 Å². The number of aromatic nitrogens is 2. The molecule has 5 nitrogen and oxygen atoms in total. The van der Waals surface area contributed by atoms with Gasteiger partial charge >= 0.3 is 6.03 Å². The van der Waals surface area contributed by atoms with Crippen LogP contribution in [0.5, 0.6) is 0 Å². The van der Waals surface area contributed by atoms with Crippen molar-refractivity contribution in [3.8, 4) is 5.69 Å². The van der Waals surface area contributed by atoms with Crippen molar-refractivity contribution in [1.29, 1.82) is 0 Å². The number of nitrogens with one attached hydrogen (secondary N) is 2. The summed E-state index contributed by atoms with van der Waals surface area (Å²) >= 11 is 0. The Hall–Kier alpha value is -2.30. The second-order valence-electron chi connectivity index (χ2n) is 5.53. The molecule has 0 radical (unpaired) electrons. The van der Waals surface area contributed by atoms with Gasteiger partial charge < -0.3 is 15.2 Å². The van der Waals surface area contributed by atoms with E-state index in [0.717, 1.165) is 11.3 Å². The fourth-order valence-electron chi connectivity index (χ4n) is 1.97. The van der Waals surface area contributed by atoms with E-state index >= 15 is 0 Å². The van der Waals surface area contributed by atoms with Gasteiger partial charge in [-0.05, 0) is 30.5 Å². The first-order valence-corrected chi connectivity index (χ1v) is 7.19. The van der Waals surface area contributed by atoms with Gasteiger partial charge in [-0.15, -0.1) is 0 Å². The number of benzene rings is 1. The molecule has 1 aromatic heterocycles. The largest absolute Gasteiger partial charge is 0.338 e. The molecule has 1 aromatic carbocycles. The third-order valence-corrected chi connectivity index (χ3v) is 3.21. The Morgan fingerprint density at radius 1 is 1.24 bits per heavy atom. The van der Waals surface area contributed by atoms with Crippen LogP contribution < -0.4 is 10.6 Å². The van der Waals surface area contributed by atoms with Crippen molar-refractivity contribution in [2.24, 2.45) is 5.92 Å². The molecule has 0 fully saturated rings. The van der Waals surface area contributed by atoms with Crippen LogP contribution in [0.25, 0.3) is 5.69 Å². The molecule has 1 heterocycles. The van der Waals surface area contributed by atoms with Crippen molar-refractivity contribution in [2.75, 3.05) is 6.54 Å². The Morgan fingerprint density at radius 3 is 2.52 bits per heavy atom. The topological polar surface area (TPSA) is 59.0 Å². The van der Waals surface area contributed by atoms with E-state index in [-0.39, 0.29) is 12.1 Å². The van der Waals surface area contributed by atoms with Crippen molar-refractivity contribution in [3.05, 3.63) is 48.5 Å². The van der Waals surface area contributed by atoms with E-state index in [0.29, 0.717) is 12.5 Å². The second-order valence-corrected chi connectivity index (χ2v) is 5.53. The SMILES string of the molecule is CC(C)CNC(=O)N[C@H](C)c1ccc(-n2ccnc2)cc1. The molecular weight excluding hydrogens is 264 g/mol. The van der Waals surface area contributed by atoms with Gasteiger partial charge in [-0.3, -0.25) is 0 Å². The highest BCUT2D eigenvalue weighted by molar-refractivity contribution is 5.74. The summed E-state index contributed by atoms with van der Waals surface area (Å²) in [5, 5.41) is 5.79. The van der Waals surface area contributed by atoms with Gasteiger partial charge in [-0.1, -0.05) is 26.0 Å². The molecule has 0 saturated heterocycles. The van der Waals surface area contributed by atoms with E-state index in [1.807, 2.05) is 42.0 Å². The van der Waals surface area contributed by atoms with Crippen molar-refractivity contribution in [1.82, 2.24) is 20.2 Å². The summed E-state index contributed by atoms with van der Waals surface area (Å²) in [6.45, 7) is 6.79. The summed E-state index contributed by atoms with van der Waals surface area (Å²) in [5.74, 6) is 0.445. The molecule has 2 rings (SSSR count). The number of hydrogen-bond donors (Lipinski definition) is 2. The second kappa shape index (κ2) is 6.92. The maximum Gasteiger partial charge on any atom is 0.315 e. The Balaban J connectivity index is 1.93. The van der Waals surface area contributed by atoms with Gasteiger partial charge in [0.15, 0.2) is 0 Å². The van der Waals surface area contributed by atoms with Gasteiger partial charge in [0.1, 0.15) is 0 Å². The van der Waals surface area contributed by atoms with E-state index in [1.54, 1.807) is 12.5 Å². The number of hydrogen-bond acceptors (Lipinski definition) is 2. The van der Waals surface area contributed by atoms with E-state index in [4.69, 9.17) is 0 Å². The zero-order valence-electron chi connectivity index (χ0n) is 12.7. The minimum atomic E-state index is -0.130. The van der Waals surface area contributed by atoms with Crippen LogP contribution >= 0.6 is 0 Å². The van der Waals surface area contributed by atoms with Crippen molar-refractivity contribution < 1.29 is 4.79 Å². The van der Waals surface area contributed by atoms with Crippen LogP contribution in [0.2, 0.25) is 0 Å². The predicted molar refractivity (Wildman–Crippen MR) is 83.4 cm³/mol. The number of amides is 2. The Morgan fingerprint density at radius 2 is 1.95 bits per heavy atom. The summed E-state index contributed by atoms with van der Waals surface area (Å²) < 4.78 is 1.94. The molecule has 0 aliphatic heterocycles. The molecule has 21 heavy (non-hydrogen) atoms. The summed E-state index contributed by atoms with van der Waals surface area (Å²) in [4.78, 5) is 15.8. The lowest BCUT2D eigenvalue weighted by atomic mass is 10.1. The van der Waals surface area contributed by atoms with Crippen molar-refractivity contribution >= 4 is 6.03 Å². The third kappa shape index (κ3) is 4.34. The minimum Gasteiger partial charge on any atom is -0.338 e. The fourth-order valence-corrected chi connectivity index (χ4v) is 1.97. The molecule has 1 atom stereocenters. The number of carbonyl (C=O) groups excluding carboxylic acids is 1. The van der Waals surface area contributed by atoms with E-state index in [1.165, 1.54) is 0 Å². The van der Waals surface area contributed by atoms with Crippen LogP contribution in [-0.4, -0.2) is 22.1 Å². The van der Waals surface area contributed by atoms with E-state index in [9.17, 15) is 4.79 Å². The summed E-state index contributed by atoms with van der Waals surface area (Å²) in [7, 11) is 0. The van der Waals surface area contributed by atoms with Crippen LogP contribution in [0.4, 0.5) is 4.79 Å². The highest BCUT2D eigenvalue weighted by Gasteiger charge is 2.09. The normalized spacial score (nSPS) is 12.2. The number of nitrogens with zero attached hydrogens (tertiary/aromatic N) is 2. The van der Waals surface area contributed by atoms with Crippen LogP contribution in [0.1, 0.15) is 32.4 Å². The lowest BCUT2D eigenvalue weighted by Gasteiger charge is -2.16. The van der Waals surface area contributed by atoms with Gasteiger partial charge in [-0.2, -0.15) is 0 Å². The van der Waals surface area contributed by atoms with E-state index < -0.39 is 0 Å². The smallest absolute Gasteiger partial charge is 0.315 e. The molecule has 0 spiro atoms. The minimum absolute atomic E-state index is 0.0333. The van der Waals surface area contributed by atoms with Gasteiger partial charge in [0.05, 0.1) is 12.4 Å². The molecule has 0 bridgehead atoms. The highest BCUT2D eigenvalue weighted by Crippen LogP contribution is 2.15. The number of carbonyl (C=O) groups is 1. The van der Waals surface area contributed by atoms with Crippen LogP contribution in [0.3, 0.4) is 0 Å². The zero-order valence-corrected chi connectivity index (χ0v) is 12.7. The molecule has 0 unspecified atom stereocenters. The molecule has 2 amide bonds. The van der Waals surface area contributed by atoms with Gasteiger partial charge in [-0.25, -0.2) is 9.78 Å². The summed E-state index contributed by atoms with van der Waals surface area (Å²) in [6, 6.07) is 7.90.